The Morgan fingerprint density at radius 3 is 2.26 bits per heavy atom. The van der Waals surface area contributed by atoms with Gasteiger partial charge < -0.3 is 15.7 Å². The molecule has 23 heavy (non-hydrogen) atoms. The Bertz CT molecular complexity index is 558. The summed E-state index contributed by atoms with van der Waals surface area (Å²) in [7, 11) is 0. The monoisotopic (exact) mass is 384 g/mol. The summed E-state index contributed by atoms with van der Waals surface area (Å²) in [5.41, 5.74) is 0.459. The van der Waals surface area contributed by atoms with Crippen molar-refractivity contribution < 1.29 is 19.5 Å². The predicted octanol–water partition coefficient (Wildman–Crippen LogP) is 2.24. The van der Waals surface area contributed by atoms with Crippen molar-refractivity contribution in [3.05, 3.63) is 34.3 Å². The number of hydrogen-bond donors (Lipinski definition) is 3. The van der Waals surface area contributed by atoms with Gasteiger partial charge in [0.05, 0.1) is 6.54 Å². The van der Waals surface area contributed by atoms with E-state index in [0.29, 0.717) is 17.9 Å². The van der Waals surface area contributed by atoms with Gasteiger partial charge in [-0.3, -0.25) is 9.59 Å². The average Bonchev–Trinajstić information content (AvgIpc) is 2.49. The van der Waals surface area contributed by atoms with Gasteiger partial charge in [0.2, 0.25) is 11.8 Å². The smallest absolute Gasteiger partial charge is 0.330 e. The van der Waals surface area contributed by atoms with E-state index < -0.39 is 17.9 Å². The van der Waals surface area contributed by atoms with Crippen LogP contribution < -0.4 is 10.6 Å². The van der Waals surface area contributed by atoms with Crippen LogP contribution in [0.25, 0.3) is 0 Å². The van der Waals surface area contributed by atoms with Crippen molar-refractivity contribution in [1.29, 1.82) is 0 Å². The molecule has 0 aliphatic rings. The van der Waals surface area contributed by atoms with E-state index in [1.165, 1.54) is 0 Å². The van der Waals surface area contributed by atoms with E-state index in [2.05, 4.69) is 26.6 Å². The minimum atomic E-state index is -1.16. The molecule has 0 heterocycles. The van der Waals surface area contributed by atoms with Crippen LogP contribution in [0.1, 0.15) is 38.3 Å². The molecule has 1 aromatic rings. The number of carboxylic acids is 1. The molecule has 0 aliphatic heterocycles. The van der Waals surface area contributed by atoms with Crippen LogP contribution in [0.4, 0.5) is 0 Å². The van der Waals surface area contributed by atoms with Crippen molar-refractivity contribution in [1.82, 2.24) is 10.6 Å². The Morgan fingerprint density at radius 2 is 1.74 bits per heavy atom. The maximum absolute atomic E-state index is 11.8. The second-order valence-corrected chi connectivity index (χ2v) is 6.52. The van der Waals surface area contributed by atoms with Crippen molar-refractivity contribution in [3.63, 3.8) is 0 Å². The molecule has 0 aliphatic carbocycles. The molecule has 0 saturated heterocycles. The summed E-state index contributed by atoms with van der Waals surface area (Å²) in [6.07, 6.45) is 1.09. The van der Waals surface area contributed by atoms with Gasteiger partial charge in [0.1, 0.15) is 0 Å². The van der Waals surface area contributed by atoms with E-state index in [1.54, 1.807) is 24.3 Å². The van der Waals surface area contributed by atoms with Crippen LogP contribution in [-0.2, 0) is 14.4 Å². The quantitative estimate of drug-likeness (QED) is 0.640. The zero-order valence-corrected chi connectivity index (χ0v) is 14.7. The highest BCUT2D eigenvalue weighted by Crippen LogP contribution is 2.17. The largest absolute Gasteiger partial charge is 0.479 e. The van der Waals surface area contributed by atoms with Gasteiger partial charge in [0, 0.05) is 10.9 Å². The number of hydrogen-bond acceptors (Lipinski definition) is 3. The third kappa shape index (κ3) is 7.27. The molecule has 2 amide bonds. The predicted molar refractivity (Wildman–Crippen MR) is 89.7 cm³/mol. The second-order valence-electron chi connectivity index (χ2n) is 5.60. The summed E-state index contributed by atoms with van der Waals surface area (Å²) in [6.45, 7) is 3.78. The molecule has 1 unspecified atom stereocenters. The van der Waals surface area contributed by atoms with E-state index in [9.17, 15) is 19.5 Å². The van der Waals surface area contributed by atoms with Gasteiger partial charge in [-0.2, -0.15) is 0 Å². The molecule has 0 bridgehead atoms. The van der Waals surface area contributed by atoms with Crippen LogP contribution >= 0.6 is 15.9 Å². The number of carboxylic acid groups (broad SMARTS) is 1. The molecule has 0 fully saturated rings. The zero-order chi connectivity index (χ0) is 17.4. The Hall–Kier alpha value is -1.89. The summed E-state index contributed by atoms with van der Waals surface area (Å²) < 4.78 is 0.814. The normalized spacial score (nSPS) is 11.8. The molecule has 0 saturated carbocycles. The molecule has 3 N–H and O–H groups in total. The third-order valence-electron chi connectivity index (χ3n) is 3.15. The first-order valence-corrected chi connectivity index (χ1v) is 8.13. The first kappa shape index (κ1) is 19.2. The minimum Gasteiger partial charge on any atom is -0.479 e. The van der Waals surface area contributed by atoms with Gasteiger partial charge in [0.25, 0.3) is 0 Å². The van der Waals surface area contributed by atoms with E-state index in [1.807, 2.05) is 13.8 Å². The SMILES string of the molecule is CC(C)CCC(=O)NCC(=O)NC(C(=O)O)c1ccc(Br)cc1. The van der Waals surface area contributed by atoms with Crippen LogP contribution in [0.3, 0.4) is 0 Å². The number of benzene rings is 1. The van der Waals surface area contributed by atoms with Crippen LogP contribution in [-0.4, -0.2) is 29.4 Å². The lowest BCUT2D eigenvalue weighted by Crippen LogP contribution is -2.41. The van der Waals surface area contributed by atoms with Gasteiger partial charge in [-0.25, -0.2) is 4.79 Å². The van der Waals surface area contributed by atoms with Crippen molar-refractivity contribution in [2.75, 3.05) is 6.54 Å². The highest BCUT2D eigenvalue weighted by Gasteiger charge is 2.22. The summed E-state index contributed by atoms with van der Waals surface area (Å²) >= 11 is 3.27. The van der Waals surface area contributed by atoms with E-state index in [0.717, 1.165) is 10.9 Å². The summed E-state index contributed by atoms with van der Waals surface area (Å²) in [4.78, 5) is 34.7. The lowest BCUT2D eigenvalue weighted by atomic mass is 10.1. The highest BCUT2D eigenvalue weighted by molar-refractivity contribution is 9.10. The number of rotatable bonds is 8. The number of nitrogens with one attached hydrogen (secondary N) is 2. The molecule has 0 spiro atoms. The minimum absolute atomic E-state index is 0.218. The standard InChI is InChI=1S/C16H21BrN2O4/c1-10(2)3-8-13(20)18-9-14(21)19-15(16(22)23)11-4-6-12(17)7-5-11/h4-7,10,15H,3,8-9H2,1-2H3,(H,18,20)(H,19,21)(H,22,23). The van der Waals surface area contributed by atoms with Crippen LogP contribution in [0.5, 0.6) is 0 Å². The molecule has 7 heteroatoms. The number of amides is 2. The molecule has 6 nitrogen and oxygen atoms in total. The van der Waals surface area contributed by atoms with Crippen molar-refractivity contribution in [3.8, 4) is 0 Å². The lowest BCUT2D eigenvalue weighted by Gasteiger charge is -2.15. The molecular weight excluding hydrogens is 364 g/mol. The van der Waals surface area contributed by atoms with E-state index in [4.69, 9.17) is 0 Å². The first-order valence-electron chi connectivity index (χ1n) is 7.34. The van der Waals surface area contributed by atoms with Crippen molar-refractivity contribution in [2.24, 2.45) is 5.92 Å². The van der Waals surface area contributed by atoms with Crippen molar-refractivity contribution in [2.45, 2.75) is 32.7 Å². The number of aliphatic carboxylic acids is 1. The number of halogens is 1. The molecule has 0 radical (unpaired) electrons. The summed E-state index contributed by atoms with van der Waals surface area (Å²) in [5.74, 6) is -1.52. The number of carbonyl (C=O) groups excluding carboxylic acids is 2. The molecular formula is C16H21BrN2O4. The summed E-state index contributed by atoms with van der Waals surface area (Å²) in [5, 5.41) is 14.1. The summed E-state index contributed by atoms with van der Waals surface area (Å²) in [6, 6.07) is 5.48. The lowest BCUT2D eigenvalue weighted by molar-refractivity contribution is -0.141. The van der Waals surface area contributed by atoms with E-state index >= 15 is 0 Å². The van der Waals surface area contributed by atoms with Crippen LogP contribution in [0.15, 0.2) is 28.7 Å². The van der Waals surface area contributed by atoms with Crippen molar-refractivity contribution >= 4 is 33.7 Å². The second kappa shape index (κ2) is 9.29. The fraction of sp³-hybridized carbons (Fsp3) is 0.438. The number of carbonyl (C=O) groups is 3. The Kier molecular flexibility index (Phi) is 7.74. The van der Waals surface area contributed by atoms with Gasteiger partial charge in [-0.1, -0.05) is 41.9 Å². The van der Waals surface area contributed by atoms with Crippen LogP contribution in [0.2, 0.25) is 0 Å². The Morgan fingerprint density at radius 1 is 1.13 bits per heavy atom. The first-order chi connectivity index (χ1) is 10.8. The molecule has 1 rings (SSSR count). The van der Waals surface area contributed by atoms with Gasteiger partial charge in [-0.05, 0) is 30.0 Å². The molecule has 1 atom stereocenters. The van der Waals surface area contributed by atoms with Gasteiger partial charge in [0.15, 0.2) is 6.04 Å². The Labute approximate surface area is 143 Å². The molecule has 1 aromatic carbocycles. The Balaban J connectivity index is 2.53. The third-order valence-corrected chi connectivity index (χ3v) is 3.68. The average molecular weight is 385 g/mol. The maximum Gasteiger partial charge on any atom is 0.330 e. The maximum atomic E-state index is 11.8. The van der Waals surface area contributed by atoms with Gasteiger partial charge >= 0.3 is 5.97 Å². The topological polar surface area (TPSA) is 95.5 Å². The van der Waals surface area contributed by atoms with Crippen LogP contribution in [0, 0.1) is 5.92 Å². The van der Waals surface area contributed by atoms with E-state index in [-0.39, 0.29) is 12.5 Å². The highest BCUT2D eigenvalue weighted by atomic mass is 79.9. The molecule has 126 valence electrons. The fourth-order valence-electron chi connectivity index (χ4n) is 1.84. The zero-order valence-electron chi connectivity index (χ0n) is 13.1. The van der Waals surface area contributed by atoms with Gasteiger partial charge in [-0.15, -0.1) is 0 Å². The molecule has 0 aromatic heterocycles. The fourth-order valence-corrected chi connectivity index (χ4v) is 2.11.